The lowest BCUT2D eigenvalue weighted by Crippen LogP contribution is -2.19. The highest BCUT2D eigenvalue weighted by molar-refractivity contribution is 8.18. The first-order valence-electron chi connectivity index (χ1n) is 8.98. The van der Waals surface area contributed by atoms with Crippen molar-refractivity contribution in [2.75, 3.05) is 7.11 Å². The van der Waals surface area contributed by atoms with Gasteiger partial charge in [0.2, 0.25) is 0 Å². The Hall–Kier alpha value is -3.78. The number of carboxylic acid groups (broad SMARTS) is 1. The molecule has 1 amide bonds. The van der Waals surface area contributed by atoms with Gasteiger partial charge in [-0.2, -0.15) is 0 Å². The number of aromatic nitrogens is 1. The smallest absolute Gasteiger partial charge is 0.335 e. The Morgan fingerprint density at radius 1 is 1.17 bits per heavy atom. The molecule has 3 aromatic rings. The summed E-state index contributed by atoms with van der Waals surface area (Å²) in [6.07, 6.45) is 3.57. The molecule has 0 bridgehead atoms. The molecule has 30 heavy (non-hydrogen) atoms. The van der Waals surface area contributed by atoms with Gasteiger partial charge in [-0.1, -0.05) is 6.07 Å². The number of hydrogen-bond acceptors (Lipinski definition) is 5. The Morgan fingerprint density at radius 3 is 2.70 bits per heavy atom. The second-order valence-electron chi connectivity index (χ2n) is 6.34. The lowest BCUT2D eigenvalue weighted by Gasteiger charge is -2.07. The molecule has 4 rings (SSSR count). The third-order valence-corrected chi connectivity index (χ3v) is 5.29. The summed E-state index contributed by atoms with van der Waals surface area (Å²) in [5.41, 5.74) is 2.35. The average Bonchev–Trinajstić information content (AvgIpc) is 3.35. The van der Waals surface area contributed by atoms with Crippen molar-refractivity contribution in [2.45, 2.75) is 0 Å². The summed E-state index contributed by atoms with van der Waals surface area (Å²) < 4.78 is 6.96. The SMILES string of the molecule is COc1ccc(N=C2NC(=O)C(=Cc3cccn3-c3cccc(C(=O)O)c3)S2)cc1. The molecule has 8 heteroatoms. The van der Waals surface area contributed by atoms with Gasteiger partial charge < -0.3 is 19.7 Å². The van der Waals surface area contributed by atoms with Crippen molar-refractivity contribution in [2.24, 2.45) is 4.99 Å². The average molecular weight is 419 g/mol. The van der Waals surface area contributed by atoms with Crippen molar-refractivity contribution >= 4 is 40.6 Å². The third kappa shape index (κ3) is 4.13. The van der Waals surface area contributed by atoms with E-state index < -0.39 is 5.97 Å². The molecular formula is C22H17N3O4S. The van der Waals surface area contributed by atoms with Gasteiger partial charge in [-0.05, 0) is 72.4 Å². The van der Waals surface area contributed by atoms with E-state index >= 15 is 0 Å². The number of hydrogen-bond donors (Lipinski definition) is 2. The maximum Gasteiger partial charge on any atom is 0.335 e. The number of thioether (sulfide) groups is 1. The van der Waals surface area contributed by atoms with E-state index in [-0.39, 0.29) is 11.5 Å². The minimum Gasteiger partial charge on any atom is -0.497 e. The minimum absolute atomic E-state index is 0.196. The van der Waals surface area contributed by atoms with Crippen molar-refractivity contribution in [3.63, 3.8) is 0 Å². The van der Waals surface area contributed by atoms with Gasteiger partial charge in [0, 0.05) is 17.6 Å². The van der Waals surface area contributed by atoms with Crippen LogP contribution in [0.4, 0.5) is 5.69 Å². The number of ether oxygens (including phenoxy) is 1. The first-order valence-corrected chi connectivity index (χ1v) is 9.80. The quantitative estimate of drug-likeness (QED) is 0.608. The second kappa shape index (κ2) is 8.30. The number of carbonyl (C=O) groups is 2. The zero-order valence-electron chi connectivity index (χ0n) is 15.9. The van der Waals surface area contributed by atoms with E-state index in [0.717, 1.165) is 11.4 Å². The Kier molecular flexibility index (Phi) is 5.40. The zero-order valence-corrected chi connectivity index (χ0v) is 16.7. The van der Waals surface area contributed by atoms with Gasteiger partial charge in [0.1, 0.15) is 5.75 Å². The van der Waals surface area contributed by atoms with Crippen LogP contribution in [0.15, 0.2) is 76.8 Å². The van der Waals surface area contributed by atoms with Gasteiger partial charge in [-0.3, -0.25) is 4.79 Å². The number of amides is 1. The topological polar surface area (TPSA) is 92.9 Å². The molecule has 0 unspecified atom stereocenters. The summed E-state index contributed by atoms with van der Waals surface area (Å²) in [5.74, 6) is -0.497. The highest BCUT2D eigenvalue weighted by atomic mass is 32.2. The molecule has 150 valence electrons. The molecule has 0 spiro atoms. The van der Waals surface area contributed by atoms with Crippen molar-refractivity contribution in [3.05, 3.63) is 83.0 Å². The van der Waals surface area contributed by atoms with Gasteiger partial charge >= 0.3 is 5.97 Å². The molecule has 1 aromatic heterocycles. The predicted molar refractivity (Wildman–Crippen MR) is 117 cm³/mol. The van der Waals surface area contributed by atoms with Crippen LogP contribution in [-0.2, 0) is 4.79 Å². The molecule has 2 aromatic carbocycles. The fourth-order valence-corrected chi connectivity index (χ4v) is 3.75. The number of rotatable bonds is 5. The van der Waals surface area contributed by atoms with Crippen LogP contribution in [0.25, 0.3) is 11.8 Å². The number of benzene rings is 2. The fourth-order valence-electron chi connectivity index (χ4n) is 2.92. The molecule has 2 heterocycles. The van der Waals surface area contributed by atoms with E-state index in [1.54, 1.807) is 49.6 Å². The molecule has 1 saturated heterocycles. The van der Waals surface area contributed by atoms with Crippen LogP contribution in [0, 0.1) is 0 Å². The molecule has 0 aliphatic carbocycles. The third-order valence-electron chi connectivity index (χ3n) is 4.38. The fraction of sp³-hybridized carbons (Fsp3) is 0.0455. The first kappa shape index (κ1) is 19.5. The van der Waals surface area contributed by atoms with Crippen LogP contribution >= 0.6 is 11.8 Å². The Bertz CT molecular complexity index is 1180. The molecule has 1 aliphatic heterocycles. The number of nitrogens with one attached hydrogen (secondary N) is 1. The highest BCUT2D eigenvalue weighted by Gasteiger charge is 2.24. The van der Waals surface area contributed by atoms with Gasteiger partial charge in [0.15, 0.2) is 5.17 Å². The van der Waals surface area contributed by atoms with E-state index in [4.69, 9.17) is 4.74 Å². The van der Waals surface area contributed by atoms with Crippen molar-refractivity contribution in [1.82, 2.24) is 9.88 Å². The van der Waals surface area contributed by atoms with Gasteiger partial charge in [0.25, 0.3) is 5.91 Å². The van der Waals surface area contributed by atoms with E-state index in [2.05, 4.69) is 10.3 Å². The summed E-state index contributed by atoms with van der Waals surface area (Å²) in [4.78, 5) is 28.6. The monoisotopic (exact) mass is 419 g/mol. The summed E-state index contributed by atoms with van der Waals surface area (Å²) in [5, 5.41) is 12.5. The van der Waals surface area contributed by atoms with E-state index in [9.17, 15) is 14.7 Å². The Balaban J connectivity index is 1.59. The summed E-state index contributed by atoms with van der Waals surface area (Å²) >= 11 is 1.25. The molecule has 2 N–H and O–H groups in total. The zero-order chi connectivity index (χ0) is 21.1. The van der Waals surface area contributed by atoms with Crippen LogP contribution in [-0.4, -0.2) is 33.8 Å². The van der Waals surface area contributed by atoms with Crippen LogP contribution in [0.1, 0.15) is 16.1 Å². The number of methoxy groups -OCH3 is 1. The lowest BCUT2D eigenvalue weighted by molar-refractivity contribution is -0.115. The molecule has 0 radical (unpaired) electrons. The van der Waals surface area contributed by atoms with Crippen LogP contribution in [0.5, 0.6) is 5.75 Å². The predicted octanol–water partition coefficient (Wildman–Crippen LogP) is 4.08. The molecule has 1 aliphatic rings. The largest absolute Gasteiger partial charge is 0.497 e. The van der Waals surface area contributed by atoms with Gasteiger partial charge in [0.05, 0.1) is 23.3 Å². The van der Waals surface area contributed by atoms with E-state index in [1.807, 2.05) is 29.0 Å². The first-order chi connectivity index (χ1) is 14.5. The molecular weight excluding hydrogens is 402 g/mol. The number of carboxylic acids is 1. The maximum absolute atomic E-state index is 12.4. The molecule has 0 atom stereocenters. The van der Waals surface area contributed by atoms with E-state index in [0.29, 0.717) is 21.4 Å². The number of carbonyl (C=O) groups excluding carboxylic acids is 1. The number of aromatic carboxylic acids is 1. The second-order valence-corrected chi connectivity index (χ2v) is 7.37. The normalized spacial score (nSPS) is 16.1. The summed E-state index contributed by atoms with van der Waals surface area (Å²) in [7, 11) is 1.60. The summed E-state index contributed by atoms with van der Waals surface area (Å²) in [6, 6.07) is 17.5. The van der Waals surface area contributed by atoms with Crippen LogP contribution in [0.3, 0.4) is 0 Å². The number of amidine groups is 1. The number of nitrogens with zero attached hydrogens (tertiary/aromatic N) is 2. The standard InChI is InChI=1S/C22H17N3O4S/c1-29-18-9-7-15(8-10-18)23-22-24-20(26)19(30-22)13-17-6-3-11-25(17)16-5-2-4-14(12-16)21(27)28/h2-13H,1H3,(H,27,28)(H,23,24,26). The van der Waals surface area contributed by atoms with Crippen molar-refractivity contribution in [1.29, 1.82) is 0 Å². The number of aliphatic imine (C=N–C) groups is 1. The highest BCUT2D eigenvalue weighted by Crippen LogP contribution is 2.29. The molecule has 1 fully saturated rings. The van der Waals surface area contributed by atoms with Gasteiger partial charge in [-0.15, -0.1) is 0 Å². The maximum atomic E-state index is 12.4. The molecule has 7 nitrogen and oxygen atoms in total. The van der Waals surface area contributed by atoms with Crippen molar-refractivity contribution < 1.29 is 19.4 Å². The van der Waals surface area contributed by atoms with Crippen LogP contribution < -0.4 is 10.1 Å². The van der Waals surface area contributed by atoms with Crippen LogP contribution in [0.2, 0.25) is 0 Å². The minimum atomic E-state index is -0.992. The van der Waals surface area contributed by atoms with Crippen molar-refractivity contribution in [3.8, 4) is 11.4 Å². The Morgan fingerprint density at radius 2 is 1.97 bits per heavy atom. The Labute approximate surface area is 176 Å². The molecule has 0 saturated carbocycles. The van der Waals surface area contributed by atoms with Gasteiger partial charge in [-0.25, -0.2) is 9.79 Å². The lowest BCUT2D eigenvalue weighted by atomic mass is 10.2. The summed E-state index contributed by atoms with van der Waals surface area (Å²) in [6.45, 7) is 0. The van der Waals surface area contributed by atoms with E-state index in [1.165, 1.54) is 17.8 Å².